The molecule has 1 aliphatic rings. The Balaban J connectivity index is 2.01. The lowest BCUT2D eigenvalue weighted by Gasteiger charge is -2.31. The van der Waals surface area contributed by atoms with E-state index in [0.717, 1.165) is 0 Å². The summed E-state index contributed by atoms with van der Waals surface area (Å²) in [6, 6.07) is 13.4. The number of hydrogen-bond donors (Lipinski definition) is 1. The van der Waals surface area contributed by atoms with E-state index < -0.39 is 23.9 Å². The van der Waals surface area contributed by atoms with Crippen LogP contribution in [0.1, 0.15) is 17.2 Å². The summed E-state index contributed by atoms with van der Waals surface area (Å²) < 4.78 is 9.77. The van der Waals surface area contributed by atoms with Crippen molar-refractivity contribution in [3.8, 4) is 0 Å². The second-order valence-corrected chi connectivity index (χ2v) is 6.30. The number of benzene rings is 2. The van der Waals surface area contributed by atoms with E-state index >= 15 is 0 Å². The van der Waals surface area contributed by atoms with Gasteiger partial charge in [0.05, 0.1) is 19.8 Å². The van der Waals surface area contributed by atoms with Gasteiger partial charge >= 0.3 is 11.9 Å². The minimum absolute atomic E-state index is 0.181. The normalized spacial score (nSPS) is 18.6. The van der Waals surface area contributed by atoms with Crippen LogP contribution in [0, 0.1) is 5.92 Å². The molecule has 8 nitrogen and oxygen atoms in total. The quantitative estimate of drug-likeness (QED) is 0.696. The summed E-state index contributed by atoms with van der Waals surface area (Å²) in [5.41, 5.74) is 2.11. The molecule has 1 N–H and O–H groups in total. The first kappa shape index (κ1) is 17.7. The van der Waals surface area contributed by atoms with Gasteiger partial charge in [-0.05, 0) is 17.7 Å². The molecule has 2 aromatic carbocycles. The molecule has 28 heavy (non-hydrogen) atoms. The molecule has 0 spiro atoms. The molecule has 2 atom stereocenters. The lowest BCUT2D eigenvalue weighted by Crippen LogP contribution is -2.37. The number of ether oxygens (including phenoxy) is 2. The van der Waals surface area contributed by atoms with E-state index in [-0.39, 0.29) is 11.3 Å². The first-order valence-electron chi connectivity index (χ1n) is 8.57. The monoisotopic (exact) mass is 379 g/mol. The second kappa shape index (κ2) is 6.80. The average Bonchev–Trinajstić information content (AvgIpc) is 3.16. The minimum Gasteiger partial charge on any atom is -0.507 e. The van der Waals surface area contributed by atoms with Crippen LogP contribution in [-0.4, -0.2) is 46.3 Å². The van der Waals surface area contributed by atoms with Crippen LogP contribution in [0.15, 0.2) is 54.1 Å². The molecule has 0 aliphatic heterocycles. The molecule has 0 amide bonds. The van der Waals surface area contributed by atoms with E-state index in [2.05, 4.69) is 10.2 Å². The van der Waals surface area contributed by atoms with Crippen LogP contribution in [0.4, 0.5) is 0 Å². The smallest absolute Gasteiger partial charge is 0.338 e. The van der Waals surface area contributed by atoms with Crippen LogP contribution >= 0.6 is 0 Å². The predicted molar refractivity (Wildman–Crippen MR) is 99.2 cm³/mol. The van der Waals surface area contributed by atoms with Crippen LogP contribution in [0.2, 0.25) is 0 Å². The summed E-state index contributed by atoms with van der Waals surface area (Å²) in [7, 11) is 2.41. The lowest BCUT2D eigenvalue weighted by atomic mass is 9.78. The molecule has 0 bridgehead atoms. The fourth-order valence-corrected chi connectivity index (χ4v) is 3.57. The average molecular weight is 379 g/mol. The molecule has 3 aromatic rings. The summed E-state index contributed by atoms with van der Waals surface area (Å²) in [6.45, 7) is 0. The molecule has 4 rings (SSSR count). The van der Waals surface area contributed by atoms with Gasteiger partial charge in [-0.15, -0.1) is 0 Å². The third kappa shape index (κ3) is 2.61. The van der Waals surface area contributed by atoms with Crippen molar-refractivity contribution in [2.24, 2.45) is 5.92 Å². The Morgan fingerprint density at radius 3 is 2.18 bits per heavy atom. The topological polar surface area (TPSA) is 104 Å². The number of aliphatic hydroxyl groups is 1. The highest BCUT2D eigenvalue weighted by molar-refractivity contribution is 6.03. The van der Waals surface area contributed by atoms with Gasteiger partial charge in [0.1, 0.15) is 28.8 Å². The summed E-state index contributed by atoms with van der Waals surface area (Å²) in [6.07, 6.45) is 0. The molecule has 8 heteroatoms. The molecule has 0 saturated heterocycles. The number of carbonyl (C=O) groups is 2. The standard InChI is InChI=1S/C20H17N3O5/c1-27-19(25)15-16(20(26)28-2)18(24)12-8-4-3-7-11(12)17(15)23-21-13-9-5-6-10-14(13)22-23/h3-10,15,17,24H,1-2H3/t15-,17-/m1/s1. The number of aromatic nitrogens is 3. The molecule has 142 valence electrons. The van der Waals surface area contributed by atoms with Crippen LogP contribution in [0.3, 0.4) is 0 Å². The maximum atomic E-state index is 12.7. The Kier molecular flexibility index (Phi) is 4.31. The van der Waals surface area contributed by atoms with E-state index in [1.165, 1.54) is 19.0 Å². The fraction of sp³-hybridized carbons (Fsp3) is 0.200. The number of rotatable bonds is 3. The van der Waals surface area contributed by atoms with Gasteiger partial charge in [0.2, 0.25) is 0 Å². The molecule has 0 unspecified atom stereocenters. The zero-order valence-corrected chi connectivity index (χ0v) is 15.2. The summed E-state index contributed by atoms with van der Waals surface area (Å²) >= 11 is 0. The fourth-order valence-electron chi connectivity index (χ4n) is 3.57. The highest BCUT2D eigenvalue weighted by Gasteiger charge is 2.46. The van der Waals surface area contributed by atoms with Crippen LogP contribution < -0.4 is 0 Å². The van der Waals surface area contributed by atoms with Crippen molar-refractivity contribution in [2.75, 3.05) is 14.2 Å². The third-order valence-electron chi connectivity index (χ3n) is 4.83. The maximum absolute atomic E-state index is 12.7. The molecule has 0 radical (unpaired) electrons. The van der Waals surface area contributed by atoms with E-state index in [9.17, 15) is 14.7 Å². The first-order valence-corrected chi connectivity index (χ1v) is 8.57. The van der Waals surface area contributed by atoms with Crippen molar-refractivity contribution >= 4 is 28.7 Å². The molecule has 1 heterocycles. The Bertz CT molecular complexity index is 1080. The summed E-state index contributed by atoms with van der Waals surface area (Å²) in [4.78, 5) is 26.6. The molecule has 1 aliphatic carbocycles. The van der Waals surface area contributed by atoms with Crippen molar-refractivity contribution in [2.45, 2.75) is 6.04 Å². The number of aliphatic hydroxyl groups excluding tert-OH is 1. The van der Waals surface area contributed by atoms with Crippen molar-refractivity contribution in [1.29, 1.82) is 0 Å². The number of hydrogen-bond acceptors (Lipinski definition) is 7. The summed E-state index contributed by atoms with van der Waals surface area (Å²) in [5, 5.41) is 19.7. The third-order valence-corrected chi connectivity index (χ3v) is 4.83. The van der Waals surface area contributed by atoms with Crippen LogP contribution in [0.5, 0.6) is 0 Å². The van der Waals surface area contributed by atoms with Gasteiger partial charge < -0.3 is 14.6 Å². The predicted octanol–water partition coefficient (Wildman–Crippen LogP) is 2.27. The highest BCUT2D eigenvalue weighted by Crippen LogP contribution is 2.43. The van der Waals surface area contributed by atoms with E-state index in [0.29, 0.717) is 22.2 Å². The number of fused-ring (bicyclic) bond motifs is 2. The Hall–Kier alpha value is -3.68. The second-order valence-electron chi connectivity index (χ2n) is 6.30. The van der Waals surface area contributed by atoms with Crippen molar-refractivity contribution in [3.63, 3.8) is 0 Å². The van der Waals surface area contributed by atoms with Gasteiger partial charge in [0, 0.05) is 5.56 Å². The molecule has 1 aromatic heterocycles. The minimum atomic E-state index is -1.17. The van der Waals surface area contributed by atoms with Crippen molar-refractivity contribution < 1.29 is 24.2 Å². The van der Waals surface area contributed by atoms with Crippen molar-refractivity contribution in [1.82, 2.24) is 15.0 Å². The number of nitrogens with zero attached hydrogens (tertiary/aromatic N) is 3. The number of methoxy groups -OCH3 is 2. The van der Waals surface area contributed by atoms with Crippen molar-refractivity contribution in [3.05, 3.63) is 65.2 Å². The van der Waals surface area contributed by atoms with Crippen LogP contribution in [0.25, 0.3) is 16.8 Å². The van der Waals surface area contributed by atoms with Gasteiger partial charge in [-0.1, -0.05) is 36.4 Å². The zero-order chi connectivity index (χ0) is 19.8. The molecular formula is C20H17N3O5. The highest BCUT2D eigenvalue weighted by atomic mass is 16.5. The molecule has 0 saturated carbocycles. The number of carbonyl (C=O) groups excluding carboxylic acids is 2. The van der Waals surface area contributed by atoms with Gasteiger partial charge in [-0.2, -0.15) is 15.0 Å². The summed E-state index contributed by atoms with van der Waals surface area (Å²) in [5.74, 6) is -3.00. The molecular weight excluding hydrogens is 362 g/mol. The van der Waals surface area contributed by atoms with E-state index in [4.69, 9.17) is 9.47 Å². The van der Waals surface area contributed by atoms with Crippen LogP contribution in [-0.2, 0) is 19.1 Å². The largest absolute Gasteiger partial charge is 0.507 e. The Labute approximate surface area is 160 Å². The maximum Gasteiger partial charge on any atom is 0.338 e. The van der Waals surface area contributed by atoms with Gasteiger partial charge in [0.15, 0.2) is 0 Å². The Morgan fingerprint density at radius 2 is 1.57 bits per heavy atom. The lowest BCUT2D eigenvalue weighted by molar-refractivity contribution is -0.148. The van der Waals surface area contributed by atoms with E-state index in [1.54, 1.807) is 36.4 Å². The Morgan fingerprint density at radius 1 is 0.964 bits per heavy atom. The SMILES string of the molecule is COC(=O)C1=C(O)c2ccccc2[C@@H](n2nc3ccccc3n2)[C@@H]1C(=O)OC. The number of esters is 2. The van der Waals surface area contributed by atoms with Gasteiger partial charge in [-0.25, -0.2) is 4.79 Å². The van der Waals surface area contributed by atoms with E-state index in [1.807, 2.05) is 12.1 Å². The van der Waals surface area contributed by atoms with Gasteiger partial charge in [-0.3, -0.25) is 4.79 Å². The molecule has 0 fully saturated rings. The van der Waals surface area contributed by atoms with Gasteiger partial charge in [0.25, 0.3) is 0 Å². The first-order chi connectivity index (χ1) is 13.6. The zero-order valence-electron chi connectivity index (χ0n) is 15.2.